The Bertz CT molecular complexity index is 2720. The molecule has 0 heterocycles. The molecule has 5 aromatic carbocycles. The van der Waals surface area contributed by atoms with Crippen LogP contribution in [0.25, 0.3) is 22.9 Å². The number of nitrogen functional groups attached to an aromatic ring is 2. The number of rotatable bonds is 11. The number of nitrogens with two attached hydrogens (primary N) is 2. The van der Waals surface area contributed by atoms with E-state index in [2.05, 4.69) is 20.5 Å². The van der Waals surface area contributed by atoms with Crippen LogP contribution in [0.1, 0.15) is 11.1 Å². The molecule has 5 aromatic rings. The van der Waals surface area contributed by atoms with Crippen molar-refractivity contribution in [1.29, 1.82) is 0 Å². The lowest BCUT2D eigenvalue weighted by atomic mass is 10.1. The molecule has 8 N–H and O–H groups in total. The second-order valence-electron chi connectivity index (χ2n) is 10.9. The second-order valence-corrected chi connectivity index (χ2v) is 15.1. The van der Waals surface area contributed by atoms with Crippen LogP contribution in [-0.2, 0) is 30.4 Å². The molecular formula is C32H28N6O12S3. The number of methoxy groups -OCH3 is 2. The van der Waals surface area contributed by atoms with Crippen LogP contribution in [0.3, 0.4) is 0 Å². The first-order valence-corrected chi connectivity index (χ1v) is 18.9. The van der Waals surface area contributed by atoms with Gasteiger partial charge in [-0.15, -0.1) is 15.3 Å². The number of hydrogen-bond donors (Lipinski definition) is 6. The average Bonchev–Trinajstić information content (AvgIpc) is 3.08. The number of benzene rings is 5. The van der Waals surface area contributed by atoms with Gasteiger partial charge in [0.25, 0.3) is 30.4 Å². The minimum Gasteiger partial charge on any atom is -0.505 e. The van der Waals surface area contributed by atoms with Gasteiger partial charge >= 0.3 is 0 Å². The number of phenolic OH excluding ortho intramolecular Hbond substituents is 1. The summed E-state index contributed by atoms with van der Waals surface area (Å²) < 4.78 is 113. The molecule has 0 aromatic heterocycles. The molecule has 0 radical (unpaired) electrons. The van der Waals surface area contributed by atoms with Crippen LogP contribution in [0.2, 0.25) is 0 Å². The molecule has 0 saturated heterocycles. The summed E-state index contributed by atoms with van der Waals surface area (Å²) in [5.74, 6) is -0.587. The monoisotopic (exact) mass is 784 g/mol. The van der Waals surface area contributed by atoms with Crippen molar-refractivity contribution < 1.29 is 53.5 Å². The summed E-state index contributed by atoms with van der Waals surface area (Å²) in [6.45, 7) is 0. The van der Waals surface area contributed by atoms with Crippen LogP contribution >= 0.6 is 0 Å². The van der Waals surface area contributed by atoms with Crippen molar-refractivity contribution in [3.8, 4) is 17.2 Å². The molecule has 0 spiro atoms. The minimum atomic E-state index is -4.89. The minimum absolute atomic E-state index is 0.00692. The molecule has 0 bridgehead atoms. The molecule has 0 unspecified atom stereocenters. The molecule has 0 atom stereocenters. The Morgan fingerprint density at radius 2 is 1.08 bits per heavy atom. The summed E-state index contributed by atoms with van der Waals surface area (Å²) >= 11 is 0. The first kappa shape index (κ1) is 38.3. The van der Waals surface area contributed by atoms with Gasteiger partial charge in [0.15, 0.2) is 5.75 Å². The zero-order chi connectivity index (χ0) is 38.9. The standard InChI is InChI=1S/C32H28N6O12S3/c1-49-26-16-25(37-38-31-30(53(46,47)48)11-19-6-9-20(33)12-23(19)32(31)39)27(50-2)15-24(26)36-35-22-10-7-18(29(14-22)52(43,44)45)4-3-17-5-8-21(34)13-28(17)51(40,41)42/h3-16,39H,33-34H2,1-2H3,(H,40,41,42)(H,43,44,45)(H,46,47,48)/b4-3+,36-35?,38-37?. The maximum Gasteiger partial charge on any atom is 0.296 e. The highest BCUT2D eigenvalue weighted by atomic mass is 32.2. The van der Waals surface area contributed by atoms with E-state index >= 15 is 0 Å². The normalized spacial score (nSPS) is 12.7. The Labute approximate surface area is 302 Å². The topological polar surface area (TPSA) is 303 Å². The van der Waals surface area contributed by atoms with Gasteiger partial charge in [0.2, 0.25) is 0 Å². The summed E-state index contributed by atoms with van der Waals surface area (Å²) in [5.41, 5.74) is 11.0. The van der Waals surface area contributed by atoms with Crippen LogP contribution < -0.4 is 20.9 Å². The highest BCUT2D eigenvalue weighted by Crippen LogP contribution is 2.45. The van der Waals surface area contributed by atoms with Crippen LogP contribution in [0, 0.1) is 0 Å². The fourth-order valence-electron chi connectivity index (χ4n) is 4.93. The maximum atomic E-state index is 12.3. The van der Waals surface area contributed by atoms with E-state index in [1.54, 1.807) is 0 Å². The van der Waals surface area contributed by atoms with Gasteiger partial charge in [0, 0.05) is 28.9 Å². The smallest absolute Gasteiger partial charge is 0.296 e. The summed E-state index contributed by atoms with van der Waals surface area (Å²) in [6.07, 6.45) is 2.39. The number of anilines is 2. The summed E-state index contributed by atoms with van der Waals surface area (Å²) in [5, 5.41) is 27.3. The van der Waals surface area contributed by atoms with Gasteiger partial charge in [-0.05, 0) is 59.0 Å². The van der Waals surface area contributed by atoms with Gasteiger partial charge in [-0.2, -0.15) is 30.4 Å². The lowest BCUT2D eigenvalue weighted by molar-refractivity contribution is 0.405. The van der Waals surface area contributed by atoms with Crippen molar-refractivity contribution in [3.05, 3.63) is 83.9 Å². The Balaban J connectivity index is 1.52. The Morgan fingerprint density at radius 3 is 1.62 bits per heavy atom. The van der Waals surface area contributed by atoms with E-state index in [9.17, 15) is 44.0 Å². The number of azo groups is 2. The lowest BCUT2D eigenvalue weighted by Gasteiger charge is -2.11. The summed E-state index contributed by atoms with van der Waals surface area (Å²) in [7, 11) is -11.9. The predicted molar refractivity (Wildman–Crippen MR) is 194 cm³/mol. The van der Waals surface area contributed by atoms with Gasteiger partial charge in [-0.3, -0.25) is 13.7 Å². The van der Waals surface area contributed by atoms with Crippen molar-refractivity contribution in [2.45, 2.75) is 14.7 Å². The van der Waals surface area contributed by atoms with Gasteiger partial charge < -0.3 is 26.0 Å². The zero-order valence-electron chi connectivity index (χ0n) is 27.3. The molecule has 18 nitrogen and oxygen atoms in total. The number of ether oxygens (including phenoxy) is 2. The molecule has 0 amide bonds. The molecule has 21 heteroatoms. The van der Waals surface area contributed by atoms with Crippen LogP contribution in [0.15, 0.2) is 108 Å². The van der Waals surface area contributed by atoms with Crippen LogP contribution in [0.5, 0.6) is 17.2 Å². The van der Waals surface area contributed by atoms with E-state index in [1.165, 1.54) is 81.0 Å². The van der Waals surface area contributed by atoms with E-state index in [0.717, 1.165) is 18.2 Å². The summed E-state index contributed by atoms with van der Waals surface area (Å²) in [6, 6.07) is 15.3. The lowest BCUT2D eigenvalue weighted by Crippen LogP contribution is -2.02. The number of fused-ring (bicyclic) bond motifs is 1. The summed E-state index contributed by atoms with van der Waals surface area (Å²) in [4.78, 5) is -1.87. The van der Waals surface area contributed by atoms with Crippen molar-refractivity contribution >= 4 is 87.4 Å². The molecule has 276 valence electrons. The largest absolute Gasteiger partial charge is 0.505 e. The fourth-order valence-corrected chi connectivity index (χ4v) is 7.01. The van der Waals surface area contributed by atoms with Crippen LogP contribution in [0.4, 0.5) is 34.1 Å². The SMILES string of the molecule is COc1cc(N=Nc2c(S(=O)(=O)O)cc3ccc(N)cc3c2O)c(OC)cc1N=Nc1ccc(/C=C/c2ccc(N)cc2S(=O)(=O)O)c(S(=O)(=O)O)c1. The van der Waals surface area contributed by atoms with Crippen LogP contribution in [-0.4, -0.2) is 58.2 Å². The van der Waals surface area contributed by atoms with E-state index in [1.807, 2.05) is 0 Å². The van der Waals surface area contributed by atoms with Gasteiger partial charge in [0.1, 0.15) is 43.2 Å². The van der Waals surface area contributed by atoms with E-state index < -0.39 is 56.5 Å². The maximum absolute atomic E-state index is 12.3. The Morgan fingerprint density at radius 1 is 0.585 bits per heavy atom. The number of phenols is 1. The quantitative estimate of drug-likeness (QED) is 0.0362. The van der Waals surface area contributed by atoms with E-state index in [0.29, 0.717) is 0 Å². The highest BCUT2D eigenvalue weighted by Gasteiger charge is 2.23. The third kappa shape index (κ3) is 8.57. The molecular weight excluding hydrogens is 757 g/mol. The van der Waals surface area contributed by atoms with Crippen molar-refractivity contribution in [1.82, 2.24) is 0 Å². The van der Waals surface area contributed by atoms with Crippen molar-refractivity contribution in [2.75, 3.05) is 25.7 Å². The van der Waals surface area contributed by atoms with E-state index in [-0.39, 0.29) is 61.8 Å². The predicted octanol–water partition coefficient (Wildman–Crippen LogP) is 6.47. The zero-order valence-corrected chi connectivity index (χ0v) is 29.8. The Kier molecular flexibility index (Phi) is 10.5. The molecule has 5 rings (SSSR count). The number of hydrogen-bond acceptors (Lipinski definition) is 15. The molecule has 0 saturated carbocycles. The van der Waals surface area contributed by atoms with Gasteiger partial charge in [-0.1, -0.05) is 30.4 Å². The molecule has 0 aliphatic heterocycles. The van der Waals surface area contributed by atoms with Crippen molar-refractivity contribution in [2.24, 2.45) is 20.5 Å². The molecule has 0 aliphatic rings. The fraction of sp³-hybridized carbons (Fsp3) is 0.0625. The third-order valence-electron chi connectivity index (χ3n) is 7.40. The van der Waals surface area contributed by atoms with Gasteiger partial charge in [0.05, 0.1) is 19.9 Å². The second kappa shape index (κ2) is 14.6. The molecule has 0 fully saturated rings. The van der Waals surface area contributed by atoms with Crippen molar-refractivity contribution in [3.63, 3.8) is 0 Å². The number of aromatic hydroxyl groups is 1. The number of nitrogens with zero attached hydrogens (tertiary/aromatic N) is 4. The highest BCUT2D eigenvalue weighted by molar-refractivity contribution is 7.86. The van der Waals surface area contributed by atoms with E-state index in [4.69, 9.17) is 20.9 Å². The molecule has 0 aliphatic carbocycles. The van der Waals surface area contributed by atoms with Gasteiger partial charge in [-0.25, -0.2) is 0 Å². The first-order chi connectivity index (χ1) is 24.8. The third-order valence-corrected chi connectivity index (χ3v) is 10.1. The molecule has 53 heavy (non-hydrogen) atoms. The Hall–Kier alpha value is -5.97. The average molecular weight is 785 g/mol. The first-order valence-electron chi connectivity index (χ1n) is 14.6.